The Kier molecular flexibility index (Phi) is 4.61. The molecule has 2 aromatic rings. The molecular weight excluding hydrogens is 272 g/mol. The Morgan fingerprint density at radius 1 is 1.35 bits per heavy atom. The Hall–Kier alpha value is -1.03. The lowest BCUT2D eigenvalue weighted by atomic mass is 10.2. The van der Waals surface area contributed by atoms with E-state index in [1.165, 1.54) is 23.8 Å². The van der Waals surface area contributed by atoms with Gasteiger partial charge in [-0.05, 0) is 49.4 Å². The van der Waals surface area contributed by atoms with Crippen molar-refractivity contribution in [1.82, 2.24) is 10.3 Å². The van der Waals surface area contributed by atoms with Crippen LogP contribution < -0.4 is 5.32 Å². The van der Waals surface area contributed by atoms with Crippen molar-refractivity contribution in [3.8, 4) is 0 Å². The molecule has 3 nitrogen and oxygen atoms in total. The highest BCUT2D eigenvalue weighted by Crippen LogP contribution is 2.28. The van der Waals surface area contributed by atoms with E-state index in [2.05, 4.69) is 22.6 Å². The normalized spacial score (nSPS) is 15.1. The summed E-state index contributed by atoms with van der Waals surface area (Å²) in [6.07, 6.45) is 5.85. The lowest BCUT2D eigenvalue weighted by molar-refractivity contribution is 0.122. The molecule has 0 atom stereocenters. The van der Waals surface area contributed by atoms with Crippen LogP contribution in [0.3, 0.4) is 0 Å². The van der Waals surface area contributed by atoms with Crippen LogP contribution in [0.5, 0.6) is 0 Å². The fourth-order valence-electron chi connectivity index (χ4n) is 2.36. The van der Waals surface area contributed by atoms with Gasteiger partial charge >= 0.3 is 0 Å². The second kappa shape index (κ2) is 6.61. The number of aromatic nitrogens is 1. The van der Waals surface area contributed by atoms with Crippen molar-refractivity contribution in [2.75, 3.05) is 19.8 Å². The van der Waals surface area contributed by atoms with Crippen LogP contribution in [-0.2, 0) is 11.3 Å². The summed E-state index contributed by atoms with van der Waals surface area (Å²) in [6, 6.07) is 5.98. The average Bonchev–Trinajstić information content (AvgIpc) is 3.18. The highest BCUT2D eigenvalue weighted by Gasteiger charge is 2.20. The molecule has 4 heteroatoms. The molecule has 108 valence electrons. The van der Waals surface area contributed by atoms with Crippen molar-refractivity contribution >= 4 is 22.5 Å². The summed E-state index contributed by atoms with van der Waals surface area (Å²) >= 11 is 5.98. The molecule has 0 radical (unpaired) electrons. The SMILES string of the molecule is Clc1ccc2c(CNCCCOCC3CC3)c[nH]c2c1. The van der Waals surface area contributed by atoms with Crippen LogP contribution >= 0.6 is 11.6 Å². The number of aromatic amines is 1. The minimum absolute atomic E-state index is 0.770. The summed E-state index contributed by atoms with van der Waals surface area (Å²) in [5.41, 5.74) is 2.39. The van der Waals surface area contributed by atoms with Gasteiger partial charge in [-0.1, -0.05) is 17.7 Å². The van der Waals surface area contributed by atoms with Crippen LogP contribution in [-0.4, -0.2) is 24.7 Å². The molecule has 1 aromatic carbocycles. The van der Waals surface area contributed by atoms with E-state index in [4.69, 9.17) is 16.3 Å². The predicted octanol–water partition coefficient (Wildman–Crippen LogP) is 3.73. The standard InChI is InChI=1S/C16H21ClN2O/c17-14-4-5-15-13(10-19-16(15)8-14)9-18-6-1-7-20-11-12-2-3-12/h4-5,8,10,12,18-19H,1-3,6-7,9,11H2. The summed E-state index contributed by atoms with van der Waals surface area (Å²) in [5.74, 6) is 0.862. The van der Waals surface area contributed by atoms with Crippen molar-refractivity contribution in [3.05, 3.63) is 35.0 Å². The Morgan fingerprint density at radius 3 is 3.10 bits per heavy atom. The fraction of sp³-hybridized carbons (Fsp3) is 0.500. The van der Waals surface area contributed by atoms with Gasteiger partial charge in [-0.15, -0.1) is 0 Å². The van der Waals surface area contributed by atoms with Gasteiger partial charge in [0.2, 0.25) is 0 Å². The number of halogens is 1. The van der Waals surface area contributed by atoms with Gasteiger partial charge in [-0.2, -0.15) is 0 Å². The number of ether oxygens (including phenoxy) is 1. The van der Waals surface area contributed by atoms with Crippen molar-refractivity contribution in [2.24, 2.45) is 5.92 Å². The third-order valence-electron chi connectivity index (χ3n) is 3.74. The van der Waals surface area contributed by atoms with E-state index in [1.807, 2.05) is 12.1 Å². The maximum atomic E-state index is 5.98. The van der Waals surface area contributed by atoms with Gasteiger partial charge in [0.25, 0.3) is 0 Å². The van der Waals surface area contributed by atoms with E-state index in [0.29, 0.717) is 0 Å². The lowest BCUT2D eigenvalue weighted by Crippen LogP contribution is -2.16. The largest absolute Gasteiger partial charge is 0.381 e. The topological polar surface area (TPSA) is 37.0 Å². The van der Waals surface area contributed by atoms with E-state index in [-0.39, 0.29) is 0 Å². The van der Waals surface area contributed by atoms with Gasteiger partial charge in [0.1, 0.15) is 0 Å². The third kappa shape index (κ3) is 3.75. The zero-order valence-corrected chi connectivity index (χ0v) is 12.4. The highest BCUT2D eigenvalue weighted by atomic mass is 35.5. The summed E-state index contributed by atoms with van der Waals surface area (Å²) in [4.78, 5) is 3.26. The third-order valence-corrected chi connectivity index (χ3v) is 3.97. The molecule has 1 aliphatic rings. The van der Waals surface area contributed by atoms with Crippen LogP contribution in [0.2, 0.25) is 5.02 Å². The minimum atomic E-state index is 0.770. The maximum absolute atomic E-state index is 5.98. The average molecular weight is 293 g/mol. The zero-order chi connectivity index (χ0) is 13.8. The van der Waals surface area contributed by atoms with Crippen LogP contribution in [0.15, 0.2) is 24.4 Å². The lowest BCUT2D eigenvalue weighted by Gasteiger charge is -2.05. The van der Waals surface area contributed by atoms with Gasteiger partial charge < -0.3 is 15.0 Å². The van der Waals surface area contributed by atoms with Gasteiger partial charge in [-0.25, -0.2) is 0 Å². The van der Waals surface area contributed by atoms with E-state index in [0.717, 1.165) is 49.2 Å². The number of hydrogen-bond acceptors (Lipinski definition) is 2. The summed E-state index contributed by atoms with van der Waals surface area (Å²) in [7, 11) is 0. The molecule has 0 bridgehead atoms. The molecule has 0 aliphatic heterocycles. The Balaban J connectivity index is 1.38. The van der Waals surface area contributed by atoms with Crippen molar-refractivity contribution in [2.45, 2.75) is 25.8 Å². The van der Waals surface area contributed by atoms with E-state index >= 15 is 0 Å². The first-order chi connectivity index (χ1) is 9.83. The number of H-pyrrole nitrogens is 1. The Morgan fingerprint density at radius 2 is 2.25 bits per heavy atom. The number of nitrogens with one attached hydrogen (secondary N) is 2. The minimum Gasteiger partial charge on any atom is -0.381 e. The van der Waals surface area contributed by atoms with Gasteiger partial charge in [0, 0.05) is 41.9 Å². The molecular formula is C16H21ClN2O. The second-order valence-electron chi connectivity index (χ2n) is 5.55. The van der Waals surface area contributed by atoms with Crippen LogP contribution in [0.4, 0.5) is 0 Å². The molecule has 1 heterocycles. The van der Waals surface area contributed by atoms with Gasteiger partial charge in [-0.3, -0.25) is 0 Å². The highest BCUT2D eigenvalue weighted by molar-refractivity contribution is 6.31. The summed E-state index contributed by atoms with van der Waals surface area (Å²) < 4.78 is 5.62. The first-order valence-electron chi connectivity index (χ1n) is 7.37. The van der Waals surface area contributed by atoms with Crippen LogP contribution in [0.1, 0.15) is 24.8 Å². The van der Waals surface area contributed by atoms with Gasteiger partial charge in [0.15, 0.2) is 0 Å². The summed E-state index contributed by atoms with van der Waals surface area (Å²) in [6.45, 7) is 3.70. The summed E-state index contributed by atoms with van der Waals surface area (Å²) in [5, 5.41) is 5.48. The molecule has 0 spiro atoms. The molecule has 2 N–H and O–H groups in total. The number of hydrogen-bond donors (Lipinski definition) is 2. The van der Waals surface area contributed by atoms with Crippen LogP contribution in [0, 0.1) is 5.92 Å². The van der Waals surface area contributed by atoms with Crippen molar-refractivity contribution in [3.63, 3.8) is 0 Å². The molecule has 1 saturated carbocycles. The van der Waals surface area contributed by atoms with Gasteiger partial charge in [0.05, 0.1) is 0 Å². The molecule has 1 aliphatic carbocycles. The number of rotatable bonds is 8. The van der Waals surface area contributed by atoms with E-state index < -0.39 is 0 Å². The monoisotopic (exact) mass is 292 g/mol. The first kappa shape index (κ1) is 13.9. The molecule has 0 unspecified atom stereocenters. The quantitative estimate of drug-likeness (QED) is 0.728. The molecule has 0 saturated heterocycles. The Bertz CT molecular complexity index is 563. The number of benzene rings is 1. The maximum Gasteiger partial charge on any atom is 0.0494 e. The molecule has 3 rings (SSSR count). The first-order valence-corrected chi connectivity index (χ1v) is 7.75. The van der Waals surface area contributed by atoms with Crippen molar-refractivity contribution in [1.29, 1.82) is 0 Å². The predicted molar refractivity (Wildman–Crippen MR) is 83.2 cm³/mol. The molecule has 20 heavy (non-hydrogen) atoms. The number of fused-ring (bicyclic) bond motifs is 1. The van der Waals surface area contributed by atoms with Crippen molar-refractivity contribution < 1.29 is 4.74 Å². The van der Waals surface area contributed by atoms with E-state index in [1.54, 1.807) is 0 Å². The van der Waals surface area contributed by atoms with E-state index in [9.17, 15) is 0 Å². The molecule has 1 aromatic heterocycles. The molecule has 0 amide bonds. The molecule has 1 fully saturated rings. The fourth-order valence-corrected chi connectivity index (χ4v) is 2.53. The zero-order valence-electron chi connectivity index (χ0n) is 11.6. The van der Waals surface area contributed by atoms with Crippen LogP contribution in [0.25, 0.3) is 10.9 Å². The smallest absolute Gasteiger partial charge is 0.0494 e. The second-order valence-corrected chi connectivity index (χ2v) is 5.99. The Labute approximate surface area is 124 Å².